The van der Waals surface area contributed by atoms with Crippen LogP contribution in [0.5, 0.6) is 0 Å². The Balaban J connectivity index is 2.15. The normalized spacial score (nSPS) is 9.65. The summed E-state index contributed by atoms with van der Waals surface area (Å²) in [6.45, 7) is 0.718. The largest absolute Gasteiger partial charge is 0.340 e. The Bertz CT molecular complexity index is 531. The van der Waals surface area contributed by atoms with Crippen molar-refractivity contribution in [2.24, 2.45) is 0 Å². The molecule has 1 aromatic carbocycles. The molecular formula is C13H12N4. The number of nitrogens with zero attached hydrogens (tertiary/aromatic N) is 4. The molecule has 4 heteroatoms. The highest BCUT2D eigenvalue weighted by atomic mass is 15.2. The van der Waals surface area contributed by atoms with E-state index in [4.69, 9.17) is 5.26 Å². The summed E-state index contributed by atoms with van der Waals surface area (Å²) in [6.07, 6.45) is 1.60. The van der Waals surface area contributed by atoms with Crippen molar-refractivity contribution in [1.82, 2.24) is 9.97 Å². The first-order valence-electron chi connectivity index (χ1n) is 5.28. The lowest BCUT2D eigenvalue weighted by Crippen LogP contribution is -2.19. The van der Waals surface area contributed by atoms with Crippen LogP contribution in [0.4, 0.5) is 5.95 Å². The second kappa shape index (κ2) is 5.08. The van der Waals surface area contributed by atoms with Crippen LogP contribution in [-0.2, 0) is 6.54 Å². The van der Waals surface area contributed by atoms with Gasteiger partial charge in [-0.2, -0.15) is 5.26 Å². The lowest BCUT2D eigenvalue weighted by atomic mass is 10.2. The van der Waals surface area contributed by atoms with Crippen molar-refractivity contribution in [3.63, 3.8) is 0 Å². The maximum atomic E-state index is 8.77. The van der Waals surface area contributed by atoms with Crippen molar-refractivity contribution in [3.05, 3.63) is 53.9 Å². The van der Waals surface area contributed by atoms with E-state index in [1.807, 2.05) is 48.3 Å². The summed E-state index contributed by atoms with van der Waals surface area (Å²) in [5, 5.41) is 8.77. The Morgan fingerprint density at radius 2 is 2.00 bits per heavy atom. The average molecular weight is 224 g/mol. The molecule has 0 fully saturated rings. The van der Waals surface area contributed by atoms with E-state index in [1.54, 1.807) is 12.3 Å². The van der Waals surface area contributed by atoms with E-state index in [0.717, 1.165) is 6.54 Å². The second-order valence-corrected chi connectivity index (χ2v) is 3.70. The van der Waals surface area contributed by atoms with E-state index in [9.17, 15) is 0 Å². The second-order valence-electron chi connectivity index (χ2n) is 3.70. The molecule has 0 aliphatic heterocycles. The van der Waals surface area contributed by atoms with Gasteiger partial charge in [-0.1, -0.05) is 30.3 Å². The van der Waals surface area contributed by atoms with E-state index >= 15 is 0 Å². The Labute approximate surface area is 100 Å². The molecule has 4 nitrogen and oxygen atoms in total. The van der Waals surface area contributed by atoms with Crippen molar-refractivity contribution in [2.45, 2.75) is 6.54 Å². The zero-order chi connectivity index (χ0) is 12.1. The van der Waals surface area contributed by atoms with Gasteiger partial charge >= 0.3 is 0 Å². The number of hydrogen-bond donors (Lipinski definition) is 0. The van der Waals surface area contributed by atoms with Crippen molar-refractivity contribution in [2.75, 3.05) is 11.9 Å². The number of rotatable bonds is 3. The number of nitriles is 1. The minimum Gasteiger partial charge on any atom is -0.340 e. The van der Waals surface area contributed by atoms with Crippen molar-refractivity contribution < 1.29 is 0 Å². The van der Waals surface area contributed by atoms with E-state index < -0.39 is 0 Å². The van der Waals surface area contributed by atoms with Crippen LogP contribution in [-0.4, -0.2) is 17.0 Å². The third-order valence-electron chi connectivity index (χ3n) is 2.36. The Morgan fingerprint density at radius 3 is 2.71 bits per heavy atom. The monoisotopic (exact) mass is 224 g/mol. The SMILES string of the molecule is CN(Cc1ccccc1)c1nccc(C#N)n1. The molecule has 17 heavy (non-hydrogen) atoms. The zero-order valence-corrected chi connectivity index (χ0v) is 9.54. The molecule has 0 N–H and O–H groups in total. The first-order chi connectivity index (χ1) is 8.29. The van der Waals surface area contributed by atoms with E-state index in [-0.39, 0.29) is 0 Å². The van der Waals surface area contributed by atoms with Gasteiger partial charge in [-0.15, -0.1) is 0 Å². The molecule has 2 aromatic rings. The van der Waals surface area contributed by atoms with E-state index in [0.29, 0.717) is 11.6 Å². The van der Waals surface area contributed by atoms with Crippen LogP contribution >= 0.6 is 0 Å². The van der Waals surface area contributed by atoms with Gasteiger partial charge in [0.25, 0.3) is 0 Å². The number of anilines is 1. The maximum Gasteiger partial charge on any atom is 0.226 e. The minimum atomic E-state index is 0.384. The van der Waals surface area contributed by atoms with E-state index in [1.165, 1.54) is 5.56 Å². The molecular weight excluding hydrogens is 212 g/mol. The van der Waals surface area contributed by atoms with Gasteiger partial charge in [0, 0.05) is 19.8 Å². The van der Waals surface area contributed by atoms with Crippen LogP contribution in [0, 0.1) is 11.3 Å². The highest BCUT2D eigenvalue weighted by molar-refractivity contribution is 5.34. The number of benzene rings is 1. The molecule has 0 aliphatic rings. The first-order valence-corrected chi connectivity index (χ1v) is 5.28. The Morgan fingerprint density at radius 1 is 1.24 bits per heavy atom. The predicted molar refractivity (Wildman–Crippen MR) is 65.3 cm³/mol. The van der Waals surface area contributed by atoms with Crippen LogP contribution < -0.4 is 4.90 Å². The van der Waals surface area contributed by atoms with Crippen molar-refractivity contribution in [3.8, 4) is 6.07 Å². The van der Waals surface area contributed by atoms with Crippen molar-refractivity contribution in [1.29, 1.82) is 5.26 Å². The molecule has 0 saturated carbocycles. The molecule has 0 atom stereocenters. The molecule has 0 spiro atoms. The Kier molecular flexibility index (Phi) is 3.31. The van der Waals surface area contributed by atoms with Crippen LogP contribution in [0.3, 0.4) is 0 Å². The van der Waals surface area contributed by atoms with Gasteiger partial charge in [-0.05, 0) is 11.6 Å². The summed E-state index contributed by atoms with van der Waals surface area (Å²) in [7, 11) is 1.91. The molecule has 0 saturated heterocycles. The zero-order valence-electron chi connectivity index (χ0n) is 9.54. The molecule has 84 valence electrons. The third kappa shape index (κ3) is 2.79. The summed E-state index contributed by atoms with van der Waals surface area (Å²) >= 11 is 0. The van der Waals surface area contributed by atoms with Gasteiger partial charge < -0.3 is 4.90 Å². The fraction of sp³-hybridized carbons (Fsp3) is 0.154. The van der Waals surface area contributed by atoms with Crippen molar-refractivity contribution >= 4 is 5.95 Å². The predicted octanol–water partition coefficient (Wildman–Crippen LogP) is 1.98. The molecule has 0 unspecified atom stereocenters. The van der Waals surface area contributed by atoms with Crippen LogP contribution in [0.1, 0.15) is 11.3 Å². The lowest BCUT2D eigenvalue weighted by molar-refractivity contribution is 0.864. The summed E-state index contributed by atoms with van der Waals surface area (Å²) in [5.74, 6) is 0.563. The first kappa shape index (κ1) is 11.1. The van der Waals surface area contributed by atoms with Gasteiger partial charge in [0.1, 0.15) is 11.8 Å². The summed E-state index contributed by atoms with van der Waals surface area (Å²) < 4.78 is 0. The molecule has 0 bridgehead atoms. The van der Waals surface area contributed by atoms with E-state index in [2.05, 4.69) is 9.97 Å². The quantitative estimate of drug-likeness (QED) is 0.800. The number of hydrogen-bond acceptors (Lipinski definition) is 4. The molecule has 0 amide bonds. The highest BCUT2D eigenvalue weighted by Gasteiger charge is 2.05. The maximum absolute atomic E-state index is 8.77. The standard InChI is InChI=1S/C13H12N4/c1-17(10-11-5-3-2-4-6-11)13-15-8-7-12(9-14)16-13/h2-8H,10H2,1H3. The average Bonchev–Trinajstić information content (AvgIpc) is 2.40. The topological polar surface area (TPSA) is 52.8 Å². The van der Waals surface area contributed by atoms with Gasteiger partial charge in [-0.3, -0.25) is 0 Å². The fourth-order valence-electron chi connectivity index (χ4n) is 1.52. The molecule has 0 aliphatic carbocycles. The van der Waals surface area contributed by atoms with Gasteiger partial charge in [0.15, 0.2) is 0 Å². The number of aromatic nitrogens is 2. The van der Waals surface area contributed by atoms with Crippen LogP contribution in [0.25, 0.3) is 0 Å². The van der Waals surface area contributed by atoms with Gasteiger partial charge in [-0.25, -0.2) is 9.97 Å². The summed E-state index contributed by atoms with van der Waals surface area (Å²) in [4.78, 5) is 10.2. The molecule has 2 rings (SSSR count). The third-order valence-corrected chi connectivity index (χ3v) is 2.36. The molecule has 1 heterocycles. The lowest BCUT2D eigenvalue weighted by Gasteiger charge is -2.16. The van der Waals surface area contributed by atoms with Gasteiger partial charge in [0.05, 0.1) is 0 Å². The smallest absolute Gasteiger partial charge is 0.226 e. The fourth-order valence-corrected chi connectivity index (χ4v) is 1.52. The van der Waals surface area contributed by atoms with Crippen LogP contribution in [0.2, 0.25) is 0 Å². The highest BCUT2D eigenvalue weighted by Crippen LogP contribution is 2.09. The molecule has 1 aromatic heterocycles. The van der Waals surface area contributed by atoms with Gasteiger partial charge in [0.2, 0.25) is 5.95 Å². The van der Waals surface area contributed by atoms with Crippen LogP contribution in [0.15, 0.2) is 42.6 Å². The molecule has 0 radical (unpaired) electrons. The minimum absolute atomic E-state index is 0.384. The summed E-state index contributed by atoms with van der Waals surface area (Å²) in [5.41, 5.74) is 1.57. The summed E-state index contributed by atoms with van der Waals surface area (Å²) in [6, 6.07) is 13.7. The Hall–Kier alpha value is -2.41.